The molecule has 2 unspecified atom stereocenters. The van der Waals surface area contributed by atoms with Gasteiger partial charge in [0.15, 0.2) is 0 Å². The number of hydrogen-bond donors (Lipinski definition) is 0. The van der Waals surface area contributed by atoms with Crippen LogP contribution in [0.25, 0.3) is 0 Å². The van der Waals surface area contributed by atoms with E-state index < -0.39 is 26.8 Å². The van der Waals surface area contributed by atoms with Crippen molar-refractivity contribution < 1.29 is 31.0 Å². The normalized spacial score (nSPS) is 43.8. The summed E-state index contributed by atoms with van der Waals surface area (Å²) in [6.07, 6.45) is -3.20. The van der Waals surface area contributed by atoms with Crippen molar-refractivity contribution in [2.45, 2.75) is 12.3 Å². The van der Waals surface area contributed by atoms with Gasteiger partial charge in [-0.3, -0.25) is 4.52 Å². The fourth-order valence-corrected chi connectivity index (χ4v) is 1.21. The predicted molar refractivity (Wildman–Crippen MR) is 25.6 cm³/mol. The van der Waals surface area contributed by atoms with E-state index in [1.54, 1.807) is 0 Å². The van der Waals surface area contributed by atoms with Gasteiger partial charge in [-0.25, -0.2) is 13.5 Å². The molecule has 66 valence electrons. The minimum atomic E-state index is -5.08. The fourth-order valence-electron chi connectivity index (χ4n) is 0.447. The molecular weight excluding hydrogens is 191 g/mol. The molecule has 0 amide bonds. The maximum absolute atomic E-state index is 12.0. The Morgan fingerprint density at radius 3 is 2.45 bits per heavy atom. The van der Waals surface area contributed by atoms with E-state index >= 15 is 0 Å². The van der Waals surface area contributed by atoms with Crippen LogP contribution >= 0.6 is 7.91 Å². The van der Waals surface area contributed by atoms with Gasteiger partial charge < -0.3 is 0 Å². The lowest BCUT2D eigenvalue weighted by Crippen LogP contribution is -2.39. The Bertz CT molecular complexity index is 207. The first kappa shape index (κ1) is 8.96. The van der Waals surface area contributed by atoms with E-state index in [0.717, 1.165) is 0 Å². The lowest BCUT2D eigenvalue weighted by atomic mass is 10.4. The zero-order chi connectivity index (χ0) is 8.70. The second-order valence-electron chi connectivity index (χ2n) is 1.89. The van der Waals surface area contributed by atoms with Crippen LogP contribution in [0.4, 0.5) is 17.4 Å². The first-order chi connectivity index (χ1) is 4.83. The zero-order valence-corrected chi connectivity index (χ0v) is 5.86. The molecule has 0 aromatic carbocycles. The van der Waals surface area contributed by atoms with Crippen LogP contribution in [0.2, 0.25) is 0 Å². The Morgan fingerprint density at radius 1 is 1.55 bits per heavy atom. The molecular formula is C3H3F4O3P. The van der Waals surface area contributed by atoms with Gasteiger partial charge in [0.1, 0.15) is 6.61 Å². The summed E-state index contributed by atoms with van der Waals surface area (Å²) in [7, 11) is -5.08. The van der Waals surface area contributed by atoms with Gasteiger partial charge in [0, 0.05) is 0 Å². The molecule has 0 aromatic heterocycles. The third-order valence-electron chi connectivity index (χ3n) is 0.962. The quantitative estimate of drug-likeness (QED) is 0.437. The Hall–Kier alpha value is -0.130. The number of alkyl halides is 3. The van der Waals surface area contributed by atoms with Gasteiger partial charge in [-0.15, -0.1) is 4.20 Å². The number of rotatable bonds is 0. The molecule has 1 heterocycles. The monoisotopic (exact) mass is 194 g/mol. The van der Waals surface area contributed by atoms with Crippen LogP contribution in [-0.4, -0.2) is 18.9 Å². The Kier molecular flexibility index (Phi) is 1.98. The fraction of sp³-hybridized carbons (Fsp3) is 1.00. The molecule has 0 aliphatic carbocycles. The largest absolute Gasteiger partial charge is 0.516 e. The first-order valence-corrected chi connectivity index (χ1v) is 3.91. The lowest BCUT2D eigenvalue weighted by molar-refractivity contribution is -0.203. The molecule has 0 N–H and O–H groups in total. The van der Waals surface area contributed by atoms with E-state index in [4.69, 9.17) is 0 Å². The van der Waals surface area contributed by atoms with Crippen molar-refractivity contribution >= 4 is 7.91 Å². The molecule has 1 aliphatic rings. The van der Waals surface area contributed by atoms with Crippen LogP contribution in [0.5, 0.6) is 0 Å². The highest BCUT2D eigenvalue weighted by Crippen LogP contribution is 2.56. The summed E-state index contributed by atoms with van der Waals surface area (Å²) in [6, 6.07) is 0. The second-order valence-corrected chi connectivity index (χ2v) is 3.22. The van der Waals surface area contributed by atoms with Gasteiger partial charge in [-0.05, 0) is 0 Å². The Labute approximate surface area is 58.9 Å². The zero-order valence-electron chi connectivity index (χ0n) is 4.97. The van der Waals surface area contributed by atoms with Crippen LogP contribution in [0.1, 0.15) is 0 Å². The van der Waals surface area contributed by atoms with Crippen LogP contribution in [0.3, 0.4) is 0 Å². The second kappa shape index (κ2) is 2.43. The van der Waals surface area contributed by atoms with Crippen LogP contribution in [0.15, 0.2) is 0 Å². The molecule has 1 fully saturated rings. The molecule has 0 aromatic rings. The third-order valence-corrected chi connectivity index (χ3v) is 1.84. The SMILES string of the molecule is O=P1(F)OCC(F)(F)C(F)O1. The Morgan fingerprint density at radius 2 is 2.09 bits per heavy atom. The van der Waals surface area contributed by atoms with E-state index in [9.17, 15) is 21.9 Å². The molecule has 0 spiro atoms. The molecule has 0 saturated carbocycles. The standard InChI is InChI=1S/C3H3F4O3P/c4-2-3(5,6)1-9-11(7,8)10-2/h2H,1H2. The highest BCUT2D eigenvalue weighted by molar-refractivity contribution is 7.48. The van der Waals surface area contributed by atoms with Crippen molar-refractivity contribution in [3.63, 3.8) is 0 Å². The van der Waals surface area contributed by atoms with Gasteiger partial charge in [0.05, 0.1) is 0 Å². The minimum absolute atomic E-state index is 1.57. The Balaban J connectivity index is 2.70. The van der Waals surface area contributed by atoms with Crippen molar-refractivity contribution in [2.75, 3.05) is 6.61 Å². The van der Waals surface area contributed by atoms with Crippen LogP contribution in [-0.2, 0) is 13.6 Å². The predicted octanol–water partition coefficient (Wildman–Crippen LogP) is 2.04. The molecule has 3 nitrogen and oxygen atoms in total. The maximum Gasteiger partial charge on any atom is 0.516 e. The molecule has 0 bridgehead atoms. The highest BCUT2D eigenvalue weighted by atomic mass is 31.2. The van der Waals surface area contributed by atoms with Gasteiger partial charge in [0.2, 0.25) is 0 Å². The molecule has 2 atom stereocenters. The van der Waals surface area contributed by atoms with Gasteiger partial charge in [-0.2, -0.15) is 8.78 Å². The first-order valence-electron chi connectivity index (χ1n) is 2.48. The topological polar surface area (TPSA) is 35.5 Å². The van der Waals surface area contributed by atoms with E-state index in [-0.39, 0.29) is 0 Å². The van der Waals surface area contributed by atoms with E-state index in [0.29, 0.717) is 0 Å². The number of hydrogen-bond acceptors (Lipinski definition) is 3. The molecule has 1 aliphatic heterocycles. The van der Waals surface area contributed by atoms with E-state index in [1.807, 2.05) is 0 Å². The van der Waals surface area contributed by atoms with Gasteiger partial charge in [-0.1, -0.05) is 0 Å². The summed E-state index contributed by atoms with van der Waals surface area (Å²) in [5, 5.41) is 0. The van der Waals surface area contributed by atoms with Crippen molar-refractivity contribution in [2.24, 2.45) is 0 Å². The average Bonchev–Trinajstić information content (AvgIpc) is 1.81. The van der Waals surface area contributed by atoms with Crippen molar-refractivity contribution in [1.29, 1.82) is 0 Å². The van der Waals surface area contributed by atoms with Gasteiger partial charge >= 0.3 is 13.8 Å². The summed E-state index contributed by atoms with van der Waals surface area (Å²) in [4.78, 5) is 0. The molecule has 11 heavy (non-hydrogen) atoms. The highest BCUT2D eigenvalue weighted by Gasteiger charge is 2.52. The summed E-state index contributed by atoms with van der Waals surface area (Å²) in [6.45, 7) is -1.57. The number of halogens is 4. The van der Waals surface area contributed by atoms with Gasteiger partial charge in [0.25, 0.3) is 6.36 Å². The third kappa shape index (κ3) is 1.91. The van der Waals surface area contributed by atoms with E-state index in [2.05, 4.69) is 9.05 Å². The van der Waals surface area contributed by atoms with Crippen LogP contribution < -0.4 is 0 Å². The molecule has 1 rings (SSSR count). The van der Waals surface area contributed by atoms with Crippen molar-refractivity contribution in [3.8, 4) is 0 Å². The maximum atomic E-state index is 12.0. The smallest absolute Gasteiger partial charge is 0.277 e. The van der Waals surface area contributed by atoms with Crippen LogP contribution in [0, 0.1) is 0 Å². The average molecular weight is 194 g/mol. The minimum Gasteiger partial charge on any atom is -0.277 e. The summed E-state index contributed by atoms with van der Waals surface area (Å²) >= 11 is 0. The molecule has 1 saturated heterocycles. The molecule has 0 radical (unpaired) electrons. The lowest BCUT2D eigenvalue weighted by Gasteiger charge is -2.26. The molecule has 8 heteroatoms. The van der Waals surface area contributed by atoms with Crippen molar-refractivity contribution in [1.82, 2.24) is 0 Å². The van der Waals surface area contributed by atoms with E-state index in [1.165, 1.54) is 0 Å². The summed E-state index contributed by atoms with van der Waals surface area (Å²) < 4.78 is 64.7. The summed E-state index contributed by atoms with van der Waals surface area (Å²) in [5.41, 5.74) is 0. The van der Waals surface area contributed by atoms with Crippen molar-refractivity contribution in [3.05, 3.63) is 0 Å². The summed E-state index contributed by atoms with van der Waals surface area (Å²) in [5.74, 6) is -3.93.